The smallest absolute Gasteiger partial charge is 0.140 e. The number of pyridine rings is 1. The molecule has 0 bridgehead atoms. The molecule has 0 saturated carbocycles. The minimum absolute atomic E-state index is 0.896. The Kier molecular flexibility index (Phi) is 3.83. The average Bonchev–Trinajstić information content (AvgIpc) is 2.62. The van der Waals surface area contributed by atoms with Gasteiger partial charge in [0.2, 0.25) is 0 Å². The van der Waals surface area contributed by atoms with Gasteiger partial charge in [-0.15, -0.1) is 0 Å². The second-order valence-electron chi connectivity index (χ2n) is 5.54. The van der Waals surface area contributed by atoms with Crippen LogP contribution in [0.5, 0.6) is 0 Å². The van der Waals surface area contributed by atoms with Gasteiger partial charge in [-0.1, -0.05) is 15.9 Å². The number of nitrogens with zero attached hydrogens (tertiary/aromatic N) is 5. The summed E-state index contributed by atoms with van der Waals surface area (Å²) in [6.07, 6.45) is 5.21. The van der Waals surface area contributed by atoms with E-state index >= 15 is 0 Å². The number of anilines is 2. The first-order valence-corrected chi connectivity index (χ1v) is 8.41. The molecule has 5 nitrogen and oxygen atoms in total. The summed E-state index contributed by atoms with van der Waals surface area (Å²) in [7, 11) is 0. The Balaban J connectivity index is 1.54. The van der Waals surface area contributed by atoms with Gasteiger partial charge in [0.1, 0.15) is 12.1 Å². The lowest BCUT2D eigenvalue weighted by Crippen LogP contribution is -2.46. The highest BCUT2D eigenvalue weighted by Gasteiger charge is 2.20. The van der Waals surface area contributed by atoms with Crippen molar-refractivity contribution in [2.75, 3.05) is 36.0 Å². The number of piperazine rings is 1. The summed E-state index contributed by atoms with van der Waals surface area (Å²) in [5.41, 5.74) is 2.16. The number of fused-ring (bicyclic) bond motifs is 1. The average molecular weight is 370 g/mol. The van der Waals surface area contributed by atoms with Crippen LogP contribution < -0.4 is 9.80 Å². The summed E-state index contributed by atoms with van der Waals surface area (Å²) in [6.45, 7) is 3.87. The fourth-order valence-corrected chi connectivity index (χ4v) is 3.24. The van der Waals surface area contributed by atoms with Crippen LogP contribution >= 0.6 is 15.9 Å². The fraction of sp³-hybridized carbons (Fsp3) is 0.235. The molecule has 2 aromatic heterocycles. The van der Waals surface area contributed by atoms with Gasteiger partial charge >= 0.3 is 0 Å². The van der Waals surface area contributed by atoms with E-state index in [1.54, 1.807) is 18.7 Å². The maximum Gasteiger partial charge on any atom is 0.140 e. The number of hydrogen-bond acceptors (Lipinski definition) is 5. The highest BCUT2D eigenvalue weighted by atomic mass is 79.9. The predicted molar refractivity (Wildman–Crippen MR) is 95.9 cm³/mol. The Bertz CT molecular complexity index is 807. The molecule has 0 N–H and O–H groups in total. The van der Waals surface area contributed by atoms with Crippen LogP contribution in [0.1, 0.15) is 0 Å². The molecule has 116 valence electrons. The molecule has 23 heavy (non-hydrogen) atoms. The third-order valence-electron chi connectivity index (χ3n) is 4.19. The van der Waals surface area contributed by atoms with Crippen LogP contribution in [0, 0.1) is 0 Å². The van der Waals surface area contributed by atoms with Gasteiger partial charge < -0.3 is 9.80 Å². The van der Waals surface area contributed by atoms with Crippen molar-refractivity contribution in [2.24, 2.45) is 0 Å². The molecule has 0 aliphatic carbocycles. The molecule has 3 aromatic rings. The standard InChI is InChI=1S/C17H16BrN5/c18-13-1-3-14(4-2-13)22-7-9-23(10-8-22)17-15-5-6-19-11-16(15)20-12-21-17/h1-6,11-12H,7-10H2. The number of hydrogen-bond donors (Lipinski definition) is 0. The summed E-state index contributed by atoms with van der Waals surface area (Å²) >= 11 is 3.49. The second kappa shape index (κ2) is 6.12. The molecule has 0 spiro atoms. The maximum atomic E-state index is 4.50. The molecule has 1 aromatic carbocycles. The van der Waals surface area contributed by atoms with Gasteiger partial charge in [-0.3, -0.25) is 4.98 Å². The highest BCUT2D eigenvalue weighted by molar-refractivity contribution is 9.10. The first kappa shape index (κ1) is 14.4. The van der Waals surface area contributed by atoms with Crippen LogP contribution in [0.4, 0.5) is 11.5 Å². The largest absolute Gasteiger partial charge is 0.368 e. The van der Waals surface area contributed by atoms with Crippen LogP contribution in [0.3, 0.4) is 0 Å². The van der Waals surface area contributed by atoms with Crippen molar-refractivity contribution in [3.63, 3.8) is 0 Å². The molecular formula is C17H16BrN5. The first-order chi connectivity index (χ1) is 11.3. The minimum Gasteiger partial charge on any atom is -0.368 e. The van der Waals surface area contributed by atoms with E-state index in [9.17, 15) is 0 Å². The van der Waals surface area contributed by atoms with E-state index in [2.05, 4.69) is 64.9 Å². The topological polar surface area (TPSA) is 45.2 Å². The number of rotatable bonds is 2. The van der Waals surface area contributed by atoms with Gasteiger partial charge in [0, 0.05) is 47.9 Å². The minimum atomic E-state index is 0.896. The summed E-state index contributed by atoms with van der Waals surface area (Å²) < 4.78 is 1.11. The molecule has 0 amide bonds. The van der Waals surface area contributed by atoms with Crippen molar-refractivity contribution >= 4 is 38.3 Å². The second-order valence-corrected chi connectivity index (χ2v) is 6.46. The van der Waals surface area contributed by atoms with Crippen molar-refractivity contribution in [1.29, 1.82) is 0 Å². The summed E-state index contributed by atoms with van der Waals surface area (Å²) in [4.78, 5) is 17.7. The molecule has 1 aliphatic rings. The quantitative estimate of drug-likeness (QED) is 0.694. The molecular weight excluding hydrogens is 354 g/mol. The lowest BCUT2D eigenvalue weighted by atomic mass is 10.2. The fourth-order valence-electron chi connectivity index (χ4n) is 2.97. The Morgan fingerprint density at radius 3 is 2.39 bits per heavy atom. The van der Waals surface area contributed by atoms with Gasteiger partial charge in [-0.25, -0.2) is 9.97 Å². The lowest BCUT2D eigenvalue weighted by molar-refractivity contribution is 0.649. The van der Waals surface area contributed by atoms with Crippen molar-refractivity contribution < 1.29 is 0 Å². The molecule has 1 fully saturated rings. The zero-order valence-electron chi connectivity index (χ0n) is 12.6. The molecule has 0 atom stereocenters. The van der Waals surface area contributed by atoms with Crippen molar-refractivity contribution in [1.82, 2.24) is 15.0 Å². The molecule has 1 saturated heterocycles. The molecule has 0 radical (unpaired) electrons. The van der Waals surface area contributed by atoms with Gasteiger partial charge in [0.15, 0.2) is 0 Å². The van der Waals surface area contributed by atoms with E-state index in [1.807, 2.05) is 6.07 Å². The zero-order chi connectivity index (χ0) is 15.6. The Morgan fingerprint density at radius 2 is 1.61 bits per heavy atom. The molecule has 6 heteroatoms. The molecule has 1 aliphatic heterocycles. The maximum absolute atomic E-state index is 4.50. The zero-order valence-corrected chi connectivity index (χ0v) is 14.1. The lowest BCUT2D eigenvalue weighted by Gasteiger charge is -2.37. The van der Waals surface area contributed by atoms with E-state index in [0.717, 1.165) is 47.4 Å². The highest BCUT2D eigenvalue weighted by Crippen LogP contribution is 2.25. The van der Waals surface area contributed by atoms with Gasteiger partial charge in [-0.2, -0.15) is 0 Å². The van der Waals surface area contributed by atoms with Crippen LogP contribution in [0.25, 0.3) is 10.9 Å². The number of aromatic nitrogens is 3. The van der Waals surface area contributed by atoms with Crippen LogP contribution in [-0.4, -0.2) is 41.1 Å². The summed E-state index contributed by atoms with van der Waals surface area (Å²) in [5, 5.41) is 1.07. The molecule has 3 heterocycles. The third-order valence-corrected chi connectivity index (χ3v) is 4.72. The van der Waals surface area contributed by atoms with E-state index in [1.165, 1.54) is 5.69 Å². The van der Waals surface area contributed by atoms with Gasteiger partial charge in [0.25, 0.3) is 0 Å². The van der Waals surface area contributed by atoms with E-state index in [-0.39, 0.29) is 0 Å². The van der Waals surface area contributed by atoms with Crippen LogP contribution in [0.15, 0.2) is 53.5 Å². The molecule has 0 unspecified atom stereocenters. The predicted octanol–water partition coefficient (Wildman–Crippen LogP) is 3.11. The van der Waals surface area contributed by atoms with E-state index < -0.39 is 0 Å². The van der Waals surface area contributed by atoms with E-state index in [4.69, 9.17) is 0 Å². The van der Waals surface area contributed by atoms with Crippen LogP contribution in [0.2, 0.25) is 0 Å². The SMILES string of the molecule is Brc1ccc(N2CCN(c3ncnc4cnccc34)CC2)cc1. The summed E-state index contributed by atoms with van der Waals surface area (Å²) in [6, 6.07) is 10.5. The van der Waals surface area contributed by atoms with Crippen molar-refractivity contribution in [2.45, 2.75) is 0 Å². The number of halogens is 1. The monoisotopic (exact) mass is 369 g/mol. The number of benzene rings is 1. The Morgan fingerprint density at radius 1 is 0.870 bits per heavy atom. The van der Waals surface area contributed by atoms with Crippen LogP contribution in [-0.2, 0) is 0 Å². The molecule has 4 rings (SSSR count). The third kappa shape index (κ3) is 2.86. The van der Waals surface area contributed by atoms with Gasteiger partial charge in [-0.05, 0) is 30.3 Å². The van der Waals surface area contributed by atoms with E-state index in [0.29, 0.717) is 0 Å². The normalized spacial score (nSPS) is 15.2. The Labute approximate surface area is 143 Å². The van der Waals surface area contributed by atoms with Crippen molar-refractivity contribution in [3.05, 3.63) is 53.5 Å². The first-order valence-electron chi connectivity index (χ1n) is 7.61. The van der Waals surface area contributed by atoms with Crippen molar-refractivity contribution in [3.8, 4) is 0 Å². The Hall–Kier alpha value is -2.21. The summed E-state index contributed by atoms with van der Waals surface area (Å²) in [5.74, 6) is 1.01. The van der Waals surface area contributed by atoms with Gasteiger partial charge in [0.05, 0.1) is 11.7 Å².